The van der Waals surface area contributed by atoms with Crippen LogP contribution >= 0.6 is 11.8 Å². The van der Waals surface area contributed by atoms with Crippen LogP contribution in [-0.2, 0) is 11.3 Å². The first-order chi connectivity index (χ1) is 14.2. The van der Waals surface area contributed by atoms with Gasteiger partial charge in [0.05, 0.1) is 12.3 Å². The number of aromatic nitrogens is 3. The highest BCUT2D eigenvalue weighted by Gasteiger charge is 2.24. The summed E-state index contributed by atoms with van der Waals surface area (Å²) in [6.45, 7) is 5.28. The molecule has 0 bridgehead atoms. The van der Waals surface area contributed by atoms with Gasteiger partial charge in [-0.3, -0.25) is 14.3 Å². The van der Waals surface area contributed by atoms with E-state index in [1.165, 1.54) is 43.9 Å². The predicted octanol–water partition coefficient (Wildman–Crippen LogP) is 3.65. The lowest BCUT2D eigenvalue weighted by Gasteiger charge is -2.29. The van der Waals surface area contributed by atoms with E-state index >= 15 is 0 Å². The average Bonchev–Trinajstić information content (AvgIpc) is 3.39. The molecule has 2 heterocycles. The Morgan fingerprint density at radius 1 is 1.10 bits per heavy atom. The zero-order valence-corrected chi connectivity index (χ0v) is 18.0. The van der Waals surface area contributed by atoms with Crippen LogP contribution in [0.5, 0.6) is 0 Å². The van der Waals surface area contributed by atoms with E-state index in [0.29, 0.717) is 17.7 Å². The number of para-hydroxylation sites is 1. The minimum atomic E-state index is 0.0949. The van der Waals surface area contributed by atoms with E-state index in [4.69, 9.17) is 0 Å². The minimum absolute atomic E-state index is 0.0949. The van der Waals surface area contributed by atoms with E-state index in [1.54, 1.807) is 0 Å². The van der Waals surface area contributed by atoms with Crippen molar-refractivity contribution in [2.24, 2.45) is 5.92 Å². The molecule has 1 aliphatic carbocycles. The summed E-state index contributed by atoms with van der Waals surface area (Å²) in [4.78, 5) is 15.0. The number of nitrogens with zero attached hydrogens (tertiary/aromatic N) is 4. The Labute approximate surface area is 177 Å². The van der Waals surface area contributed by atoms with E-state index in [-0.39, 0.29) is 5.91 Å². The van der Waals surface area contributed by atoms with E-state index in [0.717, 1.165) is 42.7 Å². The number of hydrogen-bond donors (Lipinski definition) is 1. The highest BCUT2D eigenvalue weighted by Crippen LogP contribution is 2.26. The summed E-state index contributed by atoms with van der Waals surface area (Å²) in [5.74, 6) is 1.98. The van der Waals surface area contributed by atoms with Crippen molar-refractivity contribution in [3.8, 4) is 5.69 Å². The third-order valence-electron chi connectivity index (χ3n) is 6.07. The van der Waals surface area contributed by atoms with Crippen LogP contribution < -0.4 is 5.32 Å². The average molecular weight is 414 g/mol. The first-order valence-electron chi connectivity index (χ1n) is 10.8. The Bertz CT molecular complexity index is 803. The highest BCUT2D eigenvalue weighted by molar-refractivity contribution is 7.99. The fourth-order valence-electron chi connectivity index (χ4n) is 4.38. The van der Waals surface area contributed by atoms with Gasteiger partial charge in [0.25, 0.3) is 0 Å². The maximum absolute atomic E-state index is 12.6. The zero-order chi connectivity index (χ0) is 20.1. The maximum Gasteiger partial charge on any atom is 0.230 e. The molecule has 0 radical (unpaired) electrons. The second-order valence-electron chi connectivity index (χ2n) is 8.28. The molecule has 1 aliphatic heterocycles. The van der Waals surface area contributed by atoms with Gasteiger partial charge in [-0.25, -0.2) is 0 Å². The molecule has 1 amide bonds. The number of likely N-dealkylation sites (tertiary alicyclic amines) is 1. The molecule has 2 aromatic rings. The molecular weight excluding hydrogens is 382 g/mol. The zero-order valence-electron chi connectivity index (χ0n) is 17.2. The summed E-state index contributed by atoms with van der Waals surface area (Å²) >= 11 is 1.48. The number of benzene rings is 1. The Morgan fingerprint density at radius 2 is 1.86 bits per heavy atom. The normalized spacial score (nSPS) is 22.7. The standard InChI is InChI=1S/C22H31N5OS/c1-17-9-5-6-12-19(17)23-21(28)16-29-22-25-24-20(15-26-13-7-8-14-26)27(22)18-10-3-2-4-11-18/h2-4,10-11,17,19H,5-9,12-16H2,1H3,(H,23,28). The van der Waals surface area contributed by atoms with Crippen molar-refractivity contribution in [2.75, 3.05) is 18.8 Å². The number of nitrogens with one attached hydrogen (secondary N) is 1. The van der Waals surface area contributed by atoms with Crippen LogP contribution in [0.1, 0.15) is 51.3 Å². The maximum atomic E-state index is 12.6. The van der Waals surface area contributed by atoms with Gasteiger partial charge in [0, 0.05) is 11.7 Å². The van der Waals surface area contributed by atoms with Crippen LogP contribution in [0.25, 0.3) is 5.69 Å². The first kappa shape index (κ1) is 20.4. The van der Waals surface area contributed by atoms with Crippen LogP contribution in [0.2, 0.25) is 0 Å². The topological polar surface area (TPSA) is 63.1 Å². The minimum Gasteiger partial charge on any atom is -0.352 e. The second-order valence-corrected chi connectivity index (χ2v) is 9.22. The Morgan fingerprint density at radius 3 is 2.62 bits per heavy atom. The molecular formula is C22H31N5OS. The fraction of sp³-hybridized carbons (Fsp3) is 0.591. The summed E-state index contributed by atoms with van der Waals surface area (Å²) < 4.78 is 2.11. The van der Waals surface area contributed by atoms with Gasteiger partial charge in [0.1, 0.15) is 0 Å². The monoisotopic (exact) mass is 413 g/mol. The summed E-state index contributed by atoms with van der Waals surface area (Å²) in [7, 11) is 0. The number of amides is 1. The number of thioether (sulfide) groups is 1. The van der Waals surface area contributed by atoms with Gasteiger partial charge < -0.3 is 5.32 Å². The van der Waals surface area contributed by atoms with Crippen LogP contribution in [0.4, 0.5) is 0 Å². The van der Waals surface area contributed by atoms with Gasteiger partial charge >= 0.3 is 0 Å². The van der Waals surface area contributed by atoms with Crippen molar-refractivity contribution >= 4 is 17.7 Å². The molecule has 1 aromatic heterocycles. The van der Waals surface area contributed by atoms with Crippen molar-refractivity contribution in [3.05, 3.63) is 36.2 Å². The van der Waals surface area contributed by atoms with Gasteiger partial charge in [-0.05, 0) is 56.8 Å². The van der Waals surface area contributed by atoms with Gasteiger partial charge in [-0.15, -0.1) is 10.2 Å². The molecule has 1 N–H and O–H groups in total. The Hall–Kier alpha value is -1.86. The molecule has 2 aliphatic rings. The molecule has 1 aromatic carbocycles. The lowest BCUT2D eigenvalue weighted by Crippen LogP contribution is -2.41. The van der Waals surface area contributed by atoms with Gasteiger partial charge in [-0.2, -0.15) is 0 Å². The lowest BCUT2D eigenvalue weighted by molar-refractivity contribution is -0.119. The predicted molar refractivity (Wildman–Crippen MR) is 116 cm³/mol. The second kappa shape index (κ2) is 9.76. The summed E-state index contributed by atoms with van der Waals surface area (Å²) in [5, 5.41) is 12.9. The van der Waals surface area contributed by atoms with Crippen molar-refractivity contribution in [2.45, 2.75) is 63.2 Å². The summed E-state index contributed by atoms with van der Waals surface area (Å²) in [6.07, 6.45) is 7.30. The van der Waals surface area contributed by atoms with E-state index in [2.05, 4.69) is 44.0 Å². The van der Waals surface area contributed by atoms with Crippen LogP contribution in [0, 0.1) is 5.92 Å². The third kappa shape index (κ3) is 5.20. The van der Waals surface area contributed by atoms with Crippen molar-refractivity contribution < 1.29 is 4.79 Å². The van der Waals surface area contributed by atoms with Gasteiger partial charge in [0.15, 0.2) is 11.0 Å². The molecule has 1 saturated carbocycles. The molecule has 2 atom stereocenters. The molecule has 29 heavy (non-hydrogen) atoms. The summed E-state index contributed by atoms with van der Waals surface area (Å²) in [5.41, 5.74) is 1.05. The van der Waals surface area contributed by atoms with Crippen LogP contribution in [-0.4, -0.2) is 50.5 Å². The summed E-state index contributed by atoms with van der Waals surface area (Å²) in [6, 6.07) is 10.5. The molecule has 7 heteroatoms. The van der Waals surface area contributed by atoms with Crippen molar-refractivity contribution in [1.29, 1.82) is 0 Å². The van der Waals surface area contributed by atoms with Crippen LogP contribution in [0.15, 0.2) is 35.5 Å². The number of rotatable bonds is 7. The van der Waals surface area contributed by atoms with Crippen molar-refractivity contribution in [1.82, 2.24) is 25.0 Å². The molecule has 1 saturated heterocycles. The number of carbonyl (C=O) groups is 1. The number of carbonyl (C=O) groups excluding carboxylic acids is 1. The van der Waals surface area contributed by atoms with E-state index in [9.17, 15) is 4.79 Å². The van der Waals surface area contributed by atoms with E-state index < -0.39 is 0 Å². The molecule has 2 unspecified atom stereocenters. The van der Waals surface area contributed by atoms with E-state index in [1.807, 2.05) is 18.2 Å². The molecule has 156 valence electrons. The third-order valence-corrected chi connectivity index (χ3v) is 7.00. The molecule has 0 spiro atoms. The molecule has 2 fully saturated rings. The number of hydrogen-bond acceptors (Lipinski definition) is 5. The lowest BCUT2D eigenvalue weighted by atomic mass is 9.86. The smallest absolute Gasteiger partial charge is 0.230 e. The van der Waals surface area contributed by atoms with Crippen molar-refractivity contribution in [3.63, 3.8) is 0 Å². The molecule has 4 rings (SSSR count). The first-order valence-corrected chi connectivity index (χ1v) is 11.8. The van der Waals surface area contributed by atoms with Gasteiger partial charge in [0.2, 0.25) is 5.91 Å². The quantitative estimate of drug-likeness (QED) is 0.702. The largest absolute Gasteiger partial charge is 0.352 e. The SMILES string of the molecule is CC1CCCCC1NC(=O)CSc1nnc(CN2CCCC2)n1-c1ccccc1. The highest BCUT2D eigenvalue weighted by atomic mass is 32.2. The van der Waals surface area contributed by atoms with Crippen LogP contribution in [0.3, 0.4) is 0 Å². The Balaban J connectivity index is 1.45. The Kier molecular flexibility index (Phi) is 6.87. The fourth-order valence-corrected chi connectivity index (χ4v) is 5.16. The van der Waals surface area contributed by atoms with Gasteiger partial charge in [-0.1, -0.05) is 49.7 Å². The molecule has 6 nitrogen and oxygen atoms in total.